The first-order chi connectivity index (χ1) is 7.31. The molecule has 80 valence electrons. The zero-order valence-electron chi connectivity index (χ0n) is 8.66. The second kappa shape index (κ2) is 4.36. The maximum Gasteiger partial charge on any atom is 0.0476 e. The molecule has 3 nitrogen and oxygen atoms in total. The van der Waals surface area contributed by atoms with E-state index in [1.165, 1.54) is 5.69 Å². The largest absolute Gasteiger partial charge is 0.398 e. The molecule has 0 radical (unpaired) electrons. The number of aliphatic hydroxyl groups is 1. The predicted molar refractivity (Wildman–Crippen MR) is 62.7 cm³/mol. The van der Waals surface area contributed by atoms with Gasteiger partial charge in [0.2, 0.25) is 0 Å². The van der Waals surface area contributed by atoms with Crippen molar-refractivity contribution < 1.29 is 5.11 Å². The zero-order chi connectivity index (χ0) is 10.7. The van der Waals surface area contributed by atoms with Gasteiger partial charge in [-0.1, -0.05) is 6.07 Å². The van der Waals surface area contributed by atoms with Crippen LogP contribution in [0.2, 0.25) is 0 Å². The summed E-state index contributed by atoms with van der Waals surface area (Å²) in [7, 11) is 0. The van der Waals surface area contributed by atoms with Crippen LogP contribution in [0.25, 0.3) is 10.9 Å². The molecule has 0 amide bonds. The number of nitrogen functional groups attached to an aromatic ring is 1. The second-order valence-corrected chi connectivity index (χ2v) is 3.78. The highest BCUT2D eigenvalue weighted by Crippen LogP contribution is 2.22. The number of anilines is 1. The van der Waals surface area contributed by atoms with Crippen LogP contribution in [0, 0.1) is 0 Å². The zero-order valence-corrected chi connectivity index (χ0v) is 8.66. The number of unbranched alkanes of at least 4 members (excludes halogenated alkanes) is 1. The van der Waals surface area contributed by atoms with Gasteiger partial charge in [0.05, 0.1) is 0 Å². The number of nitrogens with two attached hydrogens (primary N) is 1. The van der Waals surface area contributed by atoms with Crippen molar-refractivity contribution in [2.75, 3.05) is 12.3 Å². The molecule has 3 heteroatoms. The summed E-state index contributed by atoms with van der Waals surface area (Å²) in [4.78, 5) is 3.33. The SMILES string of the molecule is Nc1cccc2[nH]c(CCCCO)cc12. The van der Waals surface area contributed by atoms with E-state index in [1.54, 1.807) is 0 Å². The Bertz CT molecular complexity index is 448. The molecule has 0 saturated carbocycles. The molecule has 0 aliphatic heterocycles. The molecule has 0 saturated heterocycles. The van der Waals surface area contributed by atoms with Gasteiger partial charge in [0, 0.05) is 28.9 Å². The first-order valence-electron chi connectivity index (χ1n) is 5.28. The Kier molecular flexibility index (Phi) is 2.92. The summed E-state index contributed by atoms with van der Waals surface area (Å²) in [5.41, 5.74) is 8.96. The summed E-state index contributed by atoms with van der Waals surface area (Å²) >= 11 is 0. The Morgan fingerprint density at radius 2 is 2.13 bits per heavy atom. The van der Waals surface area contributed by atoms with Crippen LogP contribution in [0.5, 0.6) is 0 Å². The summed E-state index contributed by atoms with van der Waals surface area (Å²) in [5, 5.41) is 9.79. The van der Waals surface area contributed by atoms with Gasteiger partial charge in [-0.15, -0.1) is 0 Å². The molecule has 0 aliphatic rings. The van der Waals surface area contributed by atoms with E-state index in [1.807, 2.05) is 18.2 Å². The fourth-order valence-corrected chi connectivity index (χ4v) is 1.80. The number of fused-ring (bicyclic) bond motifs is 1. The van der Waals surface area contributed by atoms with Crippen molar-refractivity contribution in [2.45, 2.75) is 19.3 Å². The molecular formula is C12H16N2O. The Morgan fingerprint density at radius 1 is 1.27 bits per heavy atom. The monoisotopic (exact) mass is 204 g/mol. The molecule has 1 aromatic carbocycles. The van der Waals surface area contributed by atoms with E-state index in [2.05, 4.69) is 11.1 Å². The van der Waals surface area contributed by atoms with Crippen molar-refractivity contribution >= 4 is 16.6 Å². The number of hydrogen-bond acceptors (Lipinski definition) is 2. The third-order valence-electron chi connectivity index (χ3n) is 2.61. The molecule has 0 spiro atoms. The van der Waals surface area contributed by atoms with Gasteiger partial charge in [0.15, 0.2) is 0 Å². The maximum atomic E-state index is 8.70. The highest BCUT2D eigenvalue weighted by atomic mass is 16.2. The molecule has 1 aromatic heterocycles. The van der Waals surface area contributed by atoms with Gasteiger partial charge in [-0.05, 0) is 37.5 Å². The lowest BCUT2D eigenvalue weighted by Gasteiger charge is -1.94. The van der Waals surface area contributed by atoms with E-state index in [9.17, 15) is 0 Å². The van der Waals surface area contributed by atoms with E-state index >= 15 is 0 Å². The van der Waals surface area contributed by atoms with Gasteiger partial charge >= 0.3 is 0 Å². The van der Waals surface area contributed by atoms with E-state index in [4.69, 9.17) is 10.8 Å². The molecule has 0 fully saturated rings. The lowest BCUT2D eigenvalue weighted by Crippen LogP contribution is -1.88. The lowest BCUT2D eigenvalue weighted by atomic mass is 10.2. The van der Waals surface area contributed by atoms with E-state index in [0.717, 1.165) is 35.9 Å². The van der Waals surface area contributed by atoms with Crippen molar-refractivity contribution in [3.8, 4) is 0 Å². The molecule has 0 bridgehead atoms. The van der Waals surface area contributed by atoms with Gasteiger partial charge in [0.1, 0.15) is 0 Å². The molecule has 0 aliphatic carbocycles. The first-order valence-corrected chi connectivity index (χ1v) is 5.28. The van der Waals surface area contributed by atoms with Crippen LogP contribution in [-0.2, 0) is 6.42 Å². The second-order valence-electron chi connectivity index (χ2n) is 3.78. The van der Waals surface area contributed by atoms with Gasteiger partial charge < -0.3 is 15.8 Å². The quantitative estimate of drug-likeness (QED) is 0.527. The number of aromatic amines is 1. The van der Waals surface area contributed by atoms with Crippen LogP contribution in [0.15, 0.2) is 24.3 Å². The smallest absolute Gasteiger partial charge is 0.0476 e. The van der Waals surface area contributed by atoms with Crippen molar-refractivity contribution in [1.82, 2.24) is 4.98 Å². The molecule has 15 heavy (non-hydrogen) atoms. The van der Waals surface area contributed by atoms with E-state index in [-0.39, 0.29) is 6.61 Å². The number of aliphatic hydroxyl groups excluding tert-OH is 1. The third-order valence-corrected chi connectivity index (χ3v) is 2.61. The fraction of sp³-hybridized carbons (Fsp3) is 0.333. The van der Waals surface area contributed by atoms with Crippen molar-refractivity contribution in [2.24, 2.45) is 0 Å². The minimum atomic E-state index is 0.266. The van der Waals surface area contributed by atoms with Crippen LogP contribution < -0.4 is 5.73 Å². The highest BCUT2D eigenvalue weighted by molar-refractivity contribution is 5.91. The lowest BCUT2D eigenvalue weighted by molar-refractivity contribution is 0.284. The van der Waals surface area contributed by atoms with Gasteiger partial charge in [-0.25, -0.2) is 0 Å². The Balaban J connectivity index is 2.20. The summed E-state index contributed by atoms with van der Waals surface area (Å²) in [5.74, 6) is 0. The average molecular weight is 204 g/mol. The van der Waals surface area contributed by atoms with E-state index in [0.29, 0.717) is 0 Å². The Morgan fingerprint density at radius 3 is 2.87 bits per heavy atom. The summed E-state index contributed by atoms with van der Waals surface area (Å²) in [6.45, 7) is 0.266. The van der Waals surface area contributed by atoms with Crippen LogP contribution in [0.4, 0.5) is 5.69 Å². The van der Waals surface area contributed by atoms with Gasteiger partial charge in [0.25, 0.3) is 0 Å². The number of benzene rings is 1. The van der Waals surface area contributed by atoms with Crippen molar-refractivity contribution in [3.63, 3.8) is 0 Å². The van der Waals surface area contributed by atoms with Crippen molar-refractivity contribution in [3.05, 3.63) is 30.0 Å². The summed E-state index contributed by atoms with van der Waals surface area (Å²) < 4.78 is 0. The molecule has 2 aromatic rings. The van der Waals surface area contributed by atoms with Crippen LogP contribution in [0.3, 0.4) is 0 Å². The minimum absolute atomic E-state index is 0.266. The van der Waals surface area contributed by atoms with Crippen molar-refractivity contribution in [1.29, 1.82) is 0 Å². The standard InChI is InChI=1S/C12H16N2O/c13-11-5-3-6-12-10(11)8-9(14-12)4-1-2-7-15/h3,5-6,8,14-15H,1-2,4,7,13H2. The number of nitrogens with one attached hydrogen (secondary N) is 1. The molecule has 1 heterocycles. The molecular weight excluding hydrogens is 188 g/mol. The number of rotatable bonds is 4. The van der Waals surface area contributed by atoms with Crippen LogP contribution in [0.1, 0.15) is 18.5 Å². The Labute approximate surface area is 88.9 Å². The first kappa shape index (κ1) is 10.1. The predicted octanol–water partition coefficient (Wildman–Crippen LogP) is 2.07. The molecule has 0 atom stereocenters. The highest BCUT2D eigenvalue weighted by Gasteiger charge is 2.02. The van der Waals surface area contributed by atoms with Crippen LogP contribution >= 0.6 is 0 Å². The van der Waals surface area contributed by atoms with Gasteiger partial charge in [-0.2, -0.15) is 0 Å². The molecule has 0 unspecified atom stereocenters. The number of hydrogen-bond donors (Lipinski definition) is 3. The summed E-state index contributed by atoms with van der Waals surface area (Å²) in [6.07, 6.45) is 2.82. The number of H-pyrrole nitrogens is 1. The fourth-order valence-electron chi connectivity index (χ4n) is 1.80. The topological polar surface area (TPSA) is 62.0 Å². The molecule has 4 N–H and O–H groups in total. The average Bonchev–Trinajstić information content (AvgIpc) is 2.63. The van der Waals surface area contributed by atoms with Crippen LogP contribution in [-0.4, -0.2) is 16.7 Å². The Hall–Kier alpha value is -1.48. The maximum absolute atomic E-state index is 8.70. The summed E-state index contributed by atoms with van der Waals surface area (Å²) in [6, 6.07) is 7.99. The number of aryl methyl sites for hydroxylation is 1. The number of aromatic nitrogens is 1. The normalized spacial score (nSPS) is 11.0. The van der Waals surface area contributed by atoms with E-state index < -0.39 is 0 Å². The molecule has 2 rings (SSSR count). The third kappa shape index (κ3) is 2.13. The van der Waals surface area contributed by atoms with Gasteiger partial charge in [-0.3, -0.25) is 0 Å². The minimum Gasteiger partial charge on any atom is -0.398 e.